The van der Waals surface area contributed by atoms with Crippen molar-refractivity contribution >= 4 is 23.0 Å². The number of nitrogens with two attached hydrogens (primary N) is 1. The number of amides is 1. The monoisotopic (exact) mass is 287 g/mol. The fourth-order valence-corrected chi connectivity index (χ4v) is 3.39. The van der Waals surface area contributed by atoms with Crippen molar-refractivity contribution < 1.29 is 4.79 Å². The highest BCUT2D eigenvalue weighted by atomic mass is 16.1. The van der Waals surface area contributed by atoms with Crippen LogP contribution in [0.1, 0.15) is 56.9 Å². The standard InChI is InChI=1S/C17H25N3O/c18-14-11-15-12(8-9-17(21)20-15)10-16(14)19-13-6-4-2-1-3-5-7-13/h10-11,13,19H,1-9,18H2,(H,20,21). The molecule has 1 aliphatic carbocycles. The number of carbonyl (C=O) groups excluding carboxylic acids is 1. The van der Waals surface area contributed by atoms with Crippen LogP contribution in [-0.4, -0.2) is 11.9 Å². The summed E-state index contributed by atoms with van der Waals surface area (Å²) in [5.41, 5.74) is 10.0. The maximum absolute atomic E-state index is 11.4. The largest absolute Gasteiger partial charge is 0.397 e. The minimum absolute atomic E-state index is 0.0858. The van der Waals surface area contributed by atoms with Crippen LogP contribution < -0.4 is 16.4 Å². The van der Waals surface area contributed by atoms with Crippen molar-refractivity contribution in [1.82, 2.24) is 0 Å². The van der Waals surface area contributed by atoms with Gasteiger partial charge < -0.3 is 16.4 Å². The van der Waals surface area contributed by atoms with Crippen LogP contribution in [0, 0.1) is 0 Å². The molecule has 0 bridgehead atoms. The second kappa shape index (κ2) is 6.37. The van der Waals surface area contributed by atoms with Gasteiger partial charge in [-0.1, -0.05) is 32.1 Å². The Morgan fingerprint density at radius 2 is 1.76 bits per heavy atom. The average Bonchev–Trinajstić information content (AvgIpc) is 2.42. The van der Waals surface area contributed by atoms with Gasteiger partial charge in [-0.2, -0.15) is 0 Å². The summed E-state index contributed by atoms with van der Waals surface area (Å²) in [5, 5.41) is 6.54. The first-order chi connectivity index (χ1) is 10.2. The first-order valence-electron chi connectivity index (χ1n) is 8.21. The Kier molecular flexibility index (Phi) is 4.32. The van der Waals surface area contributed by atoms with Gasteiger partial charge >= 0.3 is 0 Å². The van der Waals surface area contributed by atoms with E-state index in [9.17, 15) is 4.79 Å². The Labute approximate surface area is 126 Å². The average molecular weight is 287 g/mol. The molecule has 0 saturated heterocycles. The zero-order valence-corrected chi connectivity index (χ0v) is 12.6. The van der Waals surface area contributed by atoms with Crippen LogP contribution in [0.15, 0.2) is 12.1 Å². The molecular weight excluding hydrogens is 262 g/mol. The normalized spacial score (nSPS) is 20.1. The number of hydrogen-bond acceptors (Lipinski definition) is 3. The van der Waals surface area contributed by atoms with Gasteiger partial charge in [0.25, 0.3) is 0 Å². The highest BCUT2D eigenvalue weighted by Crippen LogP contribution is 2.32. The number of nitrogens with one attached hydrogen (secondary N) is 2. The minimum atomic E-state index is 0.0858. The van der Waals surface area contributed by atoms with Gasteiger partial charge in [0.15, 0.2) is 0 Å². The van der Waals surface area contributed by atoms with E-state index in [1.54, 1.807) is 0 Å². The number of benzene rings is 1. The molecule has 1 aliphatic heterocycles. The van der Waals surface area contributed by atoms with E-state index in [0.717, 1.165) is 23.5 Å². The molecule has 1 amide bonds. The van der Waals surface area contributed by atoms with Crippen LogP contribution in [0.5, 0.6) is 0 Å². The Hall–Kier alpha value is -1.71. The van der Waals surface area contributed by atoms with Gasteiger partial charge in [0.2, 0.25) is 5.91 Å². The fraction of sp³-hybridized carbons (Fsp3) is 0.588. The zero-order valence-electron chi connectivity index (χ0n) is 12.6. The number of aryl methyl sites for hydroxylation is 1. The van der Waals surface area contributed by atoms with Gasteiger partial charge in [-0.15, -0.1) is 0 Å². The second-order valence-corrected chi connectivity index (χ2v) is 6.33. The summed E-state index contributed by atoms with van der Waals surface area (Å²) in [5.74, 6) is 0.0858. The first-order valence-corrected chi connectivity index (χ1v) is 8.21. The molecule has 4 heteroatoms. The van der Waals surface area contributed by atoms with Gasteiger partial charge in [0.05, 0.1) is 11.4 Å². The Bertz CT molecular complexity index is 519. The lowest BCUT2D eigenvalue weighted by Crippen LogP contribution is -2.23. The van der Waals surface area contributed by atoms with Crippen LogP contribution >= 0.6 is 0 Å². The third kappa shape index (κ3) is 3.49. The molecule has 0 radical (unpaired) electrons. The van der Waals surface area contributed by atoms with Crippen LogP contribution in [0.3, 0.4) is 0 Å². The van der Waals surface area contributed by atoms with Gasteiger partial charge in [-0.05, 0) is 37.0 Å². The molecule has 2 aliphatic rings. The maximum Gasteiger partial charge on any atom is 0.224 e. The minimum Gasteiger partial charge on any atom is -0.397 e. The van der Waals surface area contributed by atoms with Gasteiger partial charge in [0.1, 0.15) is 0 Å². The fourth-order valence-electron chi connectivity index (χ4n) is 3.39. The Morgan fingerprint density at radius 1 is 1.05 bits per heavy atom. The molecule has 21 heavy (non-hydrogen) atoms. The summed E-state index contributed by atoms with van der Waals surface area (Å²) in [6.45, 7) is 0. The van der Waals surface area contributed by atoms with Crippen LogP contribution in [-0.2, 0) is 11.2 Å². The van der Waals surface area contributed by atoms with Crippen molar-refractivity contribution in [1.29, 1.82) is 0 Å². The lowest BCUT2D eigenvalue weighted by Gasteiger charge is -2.25. The molecule has 1 aromatic carbocycles. The van der Waals surface area contributed by atoms with Crippen molar-refractivity contribution in [3.8, 4) is 0 Å². The lowest BCUT2D eigenvalue weighted by atomic mass is 9.96. The smallest absolute Gasteiger partial charge is 0.224 e. The number of anilines is 3. The molecule has 1 aromatic rings. The number of hydrogen-bond donors (Lipinski definition) is 3. The predicted octanol–water partition coefficient (Wildman–Crippen LogP) is 3.68. The molecule has 114 valence electrons. The molecule has 0 aromatic heterocycles. The van der Waals surface area contributed by atoms with Crippen molar-refractivity contribution in [2.45, 2.75) is 63.8 Å². The highest BCUT2D eigenvalue weighted by Gasteiger charge is 2.18. The third-order valence-electron chi connectivity index (χ3n) is 4.64. The summed E-state index contributed by atoms with van der Waals surface area (Å²) in [7, 11) is 0. The van der Waals surface area contributed by atoms with Crippen molar-refractivity contribution in [2.24, 2.45) is 0 Å². The number of rotatable bonds is 2. The van der Waals surface area contributed by atoms with E-state index < -0.39 is 0 Å². The van der Waals surface area contributed by atoms with Gasteiger partial charge in [-0.25, -0.2) is 0 Å². The van der Waals surface area contributed by atoms with E-state index in [-0.39, 0.29) is 5.91 Å². The summed E-state index contributed by atoms with van der Waals surface area (Å²) in [4.78, 5) is 11.4. The van der Waals surface area contributed by atoms with Crippen molar-refractivity contribution in [2.75, 3.05) is 16.4 Å². The SMILES string of the molecule is Nc1cc2c(cc1NC1CCCCCCC1)CCC(=O)N2. The molecule has 0 unspecified atom stereocenters. The maximum atomic E-state index is 11.4. The van der Waals surface area contributed by atoms with E-state index in [1.807, 2.05) is 6.07 Å². The molecule has 0 atom stereocenters. The highest BCUT2D eigenvalue weighted by molar-refractivity contribution is 5.95. The summed E-state index contributed by atoms with van der Waals surface area (Å²) < 4.78 is 0. The van der Waals surface area contributed by atoms with E-state index in [4.69, 9.17) is 5.73 Å². The Morgan fingerprint density at radius 3 is 2.52 bits per heavy atom. The predicted molar refractivity (Wildman–Crippen MR) is 87.5 cm³/mol. The molecule has 3 rings (SSSR count). The quantitative estimate of drug-likeness (QED) is 0.727. The molecule has 1 heterocycles. The lowest BCUT2D eigenvalue weighted by molar-refractivity contribution is -0.116. The van der Waals surface area contributed by atoms with Crippen LogP contribution in [0.25, 0.3) is 0 Å². The van der Waals surface area contributed by atoms with E-state index in [2.05, 4.69) is 16.7 Å². The van der Waals surface area contributed by atoms with Gasteiger partial charge in [0, 0.05) is 18.2 Å². The second-order valence-electron chi connectivity index (χ2n) is 6.33. The number of carbonyl (C=O) groups is 1. The number of nitrogen functional groups attached to an aromatic ring is 1. The van der Waals surface area contributed by atoms with Crippen LogP contribution in [0.4, 0.5) is 17.1 Å². The summed E-state index contributed by atoms with van der Waals surface area (Å²) >= 11 is 0. The molecular formula is C17H25N3O. The van der Waals surface area contributed by atoms with Gasteiger partial charge in [-0.3, -0.25) is 4.79 Å². The number of fused-ring (bicyclic) bond motifs is 1. The molecule has 4 N–H and O–H groups in total. The molecule has 4 nitrogen and oxygen atoms in total. The first kappa shape index (κ1) is 14.2. The van der Waals surface area contributed by atoms with E-state index in [1.165, 1.54) is 50.5 Å². The zero-order chi connectivity index (χ0) is 14.7. The van der Waals surface area contributed by atoms with Crippen LogP contribution in [0.2, 0.25) is 0 Å². The molecule has 1 saturated carbocycles. The van der Waals surface area contributed by atoms with E-state index >= 15 is 0 Å². The molecule has 0 spiro atoms. The summed E-state index contributed by atoms with van der Waals surface area (Å²) in [6.07, 6.45) is 10.5. The van der Waals surface area contributed by atoms with Crippen molar-refractivity contribution in [3.63, 3.8) is 0 Å². The summed E-state index contributed by atoms with van der Waals surface area (Å²) in [6, 6.07) is 4.56. The molecule has 1 fully saturated rings. The van der Waals surface area contributed by atoms with Crippen molar-refractivity contribution in [3.05, 3.63) is 17.7 Å². The Balaban J connectivity index is 1.74. The van der Waals surface area contributed by atoms with E-state index in [0.29, 0.717) is 12.5 Å². The topological polar surface area (TPSA) is 67.1 Å². The third-order valence-corrected chi connectivity index (χ3v) is 4.64.